The minimum absolute atomic E-state index is 0. The molecule has 8 nitrogen and oxygen atoms in total. The average molecular weight is 529 g/mol. The van der Waals surface area contributed by atoms with Crippen molar-refractivity contribution in [3.63, 3.8) is 0 Å². The fourth-order valence-electron chi connectivity index (χ4n) is 5.44. The van der Waals surface area contributed by atoms with Crippen LogP contribution in [0.25, 0.3) is 10.8 Å². The first-order valence-corrected chi connectivity index (χ1v) is 12.7. The molecule has 4 rings (SSSR count). The fraction of sp³-hybridized carbons (Fsp3) is 0.367. The van der Waals surface area contributed by atoms with Crippen LogP contribution in [0.2, 0.25) is 0 Å². The largest absolute Gasteiger partial charge is 1.00 e. The van der Waals surface area contributed by atoms with Gasteiger partial charge in [-0.3, -0.25) is 9.59 Å². The molecule has 0 unspecified atom stereocenters. The van der Waals surface area contributed by atoms with Gasteiger partial charge in [0.25, 0.3) is 5.91 Å². The number of hydrogen-bond acceptors (Lipinski definition) is 4. The Labute approximate surface area is 241 Å². The SMILES string of the molecule is Cc1cc(C)c(CC(=O)Nc2cc3ccccc3cc2C(=O)N[C@H](C(=O)O)C2CCCCC2)c(C)c1.O.[Li+].[OH-]. The van der Waals surface area contributed by atoms with Gasteiger partial charge in [0.05, 0.1) is 17.7 Å². The van der Waals surface area contributed by atoms with E-state index in [2.05, 4.69) is 22.8 Å². The van der Waals surface area contributed by atoms with Gasteiger partial charge in [-0.25, -0.2) is 4.79 Å². The smallest absolute Gasteiger partial charge is 0.870 e. The first-order chi connectivity index (χ1) is 17.2. The van der Waals surface area contributed by atoms with Crippen LogP contribution in [0.1, 0.15) is 64.7 Å². The number of carboxylic acids is 1. The number of anilines is 1. The molecule has 1 saturated carbocycles. The Morgan fingerprint density at radius 1 is 0.923 bits per heavy atom. The summed E-state index contributed by atoms with van der Waals surface area (Å²) in [5.74, 6) is -1.83. The standard InChI is InChI=1S/C30H34N2O4.Li.2H2O/c1-18-13-19(2)24(20(3)14-18)17-27(33)31-26-16-23-12-8-7-11-22(23)15-25(26)29(34)32-28(30(35)36)21-9-5-4-6-10-21;;;/h7-8,11-16,21,28H,4-6,9-10,17H2,1-3H3,(H,31,33)(H,32,34)(H,35,36);;2*1H2/q;+1;;/p-1/t28-;;;/m0.../s1. The topological polar surface area (TPSA) is 157 Å². The summed E-state index contributed by atoms with van der Waals surface area (Å²) in [5.41, 5.74) is 4.86. The second kappa shape index (κ2) is 14.9. The Morgan fingerprint density at radius 3 is 2.05 bits per heavy atom. The van der Waals surface area contributed by atoms with E-state index in [-0.39, 0.29) is 53.6 Å². The summed E-state index contributed by atoms with van der Waals surface area (Å²) in [7, 11) is 0. The van der Waals surface area contributed by atoms with Crippen molar-refractivity contribution < 1.29 is 49.3 Å². The van der Waals surface area contributed by atoms with Crippen LogP contribution >= 0.6 is 0 Å². The third-order valence-electron chi connectivity index (χ3n) is 7.26. The van der Waals surface area contributed by atoms with E-state index < -0.39 is 17.9 Å². The van der Waals surface area contributed by atoms with Crippen molar-refractivity contribution in [2.24, 2.45) is 5.92 Å². The number of fused-ring (bicyclic) bond motifs is 1. The van der Waals surface area contributed by atoms with Crippen molar-refractivity contribution in [2.75, 3.05) is 5.32 Å². The van der Waals surface area contributed by atoms with Crippen LogP contribution < -0.4 is 29.5 Å². The van der Waals surface area contributed by atoms with Gasteiger partial charge >= 0.3 is 24.8 Å². The number of aryl methyl sites for hydroxylation is 3. The van der Waals surface area contributed by atoms with E-state index in [0.29, 0.717) is 5.69 Å². The number of nitrogens with one attached hydrogen (secondary N) is 2. The van der Waals surface area contributed by atoms with Crippen LogP contribution in [-0.4, -0.2) is 39.9 Å². The number of carboxylic acid groups (broad SMARTS) is 1. The molecule has 0 spiro atoms. The molecule has 39 heavy (non-hydrogen) atoms. The number of aliphatic carboxylic acids is 1. The van der Waals surface area contributed by atoms with Gasteiger partial charge in [0.1, 0.15) is 6.04 Å². The molecule has 0 bridgehead atoms. The maximum absolute atomic E-state index is 13.4. The summed E-state index contributed by atoms with van der Waals surface area (Å²) in [6.07, 6.45) is 4.80. The summed E-state index contributed by atoms with van der Waals surface area (Å²) in [4.78, 5) is 38.6. The Kier molecular flexibility index (Phi) is 12.9. The van der Waals surface area contributed by atoms with Crippen molar-refractivity contribution in [1.82, 2.24) is 5.32 Å². The molecule has 1 atom stereocenters. The van der Waals surface area contributed by atoms with Crippen LogP contribution in [0, 0.1) is 26.7 Å². The van der Waals surface area contributed by atoms with Crippen LogP contribution in [0.3, 0.4) is 0 Å². The van der Waals surface area contributed by atoms with E-state index in [1.165, 1.54) is 0 Å². The molecule has 0 aromatic heterocycles. The van der Waals surface area contributed by atoms with E-state index in [1.54, 1.807) is 12.1 Å². The molecule has 0 saturated heterocycles. The number of hydrogen-bond donors (Lipinski definition) is 3. The predicted octanol–water partition coefficient (Wildman–Crippen LogP) is 1.71. The minimum Gasteiger partial charge on any atom is -0.870 e. The average Bonchev–Trinajstić information content (AvgIpc) is 2.84. The third kappa shape index (κ3) is 8.17. The summed E-state index contributed by atoms with van der Waals surface area (Å²) in [6.45, 7) is 6.02. The van der Waals surface area contributed by atoms with Gasteiger partial charge in [-0.05, 0) is 79.1 Å². The van der Waals surface area contributed by atoms with Crippen molar-refractivity contribution in [1.29, 1.82) is 0 Å². The predicted molar refractivity (Wildman–Crippen MR) is 148 cm³/mol. The van der Waals surface area contributed by atoms with Crippen LogP contribution in [0.4, 0.5) is 5.69 Å². The Morgan fingerprint density at radius 2 is 1.49 bits per heavy atom. The zero-order chi connectivity index (χ0) is 25.8. The second-order valence-corrected chi connectivity index (χ2v) is 10.0. The van der Waals surface area contributed by atoms with Gasteiger partial charge < -0.3 is 26.7 Å². The minimum atomic E-state index is -1.02. The number of amides is 2. The molecule has 6 N–H and O–H groups in total. The maximum atomic E-state index is 13.4. The van der Waals surface area contributed by atoms with Crippen molar-refractivity contribution in [3.05, 3.63) is 76.3 Å². The van der Waals surface area contributed by atoms with Crippen molar-refractivity contribution in [2.45, 2.75) is 65.3 Å². The molecule has 1 aliphatic carbocycles. The zero-order valence-corrected chi connectivity index (χ0v) is 23.1. The quantitative estimate of drug-likeness (QED) is 0.398. The molecule has 204 valence electrons. The van der Waals surface area contributed by atoms with Gasteiger partial charge in [-0.2, -0.15) is 0 Å². The molecule has 3 aromatic carbocycles. The van der Waals surface area contributed by atoms with E-state index >= 15 is 0 Å². The second-order valence-electron chi connectivity index (χ2n) is 10.0. The molecular formula is C30H37LiN2O6. The van der Waals surface area contributed by atoms with E-state index in [1.807, 2.05) is 45.0 Å². The van der Waals surface area contributed by atoms with Gasteiger partial charge in [0, 0.05) is 0 Å². The zero-order valence-electron chi connectivity index (χ0n) is 23.1. The molecule has 3 aromatic rings. The van der Waals surface area contributed by atoms with Crippen LogP contribution in [0.5, 0.6) is 0 Å². The number of carbonyl (C=O) groups is 3. The van der Waals surface area contributed by atoms with Gasteiger partial charge in [0.15, 0.2) is 0 Å². The summed E-state index contributed by atoms with van der Waals surface area (Å²) in [6, 6.07) is 14.3. The van der Waals surface area contributed by atoms with Gasteiger partial charge in [0.2, 0.25) is 5.91 Å². The molecule has 9 heteroatoms. The molecule has 1 fully saturated rings. The molecular weight excluding hydrogens is 491 g/mol. The van der Waals surface area contributed by atoms with Gasteiger partial charge in [-0.1, -0.05) is 61.2 Å². The number of benzene rings is 3. The van der Waals surface area contributed by atoms with Crippen LogP contribution in [0.15, 0.2) is 48.5 Å². The van der Waals surface area contributed by atoms with E-state index in [9.17, 15) is 19.5 Å². The van der Waals surface area contributed by atoms with Crippen molar-refractivity contribution >= 4 is 34.2 Å². The van der Waals surface area contributed by atoms with E-state index in [4.69, 9.17) is 0 Å². The number of rotatable bonds is 7. The molecule has 1 aliphatic rings. The normalized spacial score (nSPS) is 13.7. The first kappa shape index (κ1) is 33.9. The maximum Gasteiger partial charge on any atom is 1.00 e. The molecule has 0 aliphatic heterocycles. The van der Waals surface area contributed by atoms with Crippen LogP contribution in [-0.2, 0) is 16.0 Å². The molecule has 0 radical (unpaired) electrons. The molecule has 2 amide bonds. The van der Waals surface area contributed by atoms with Gasteiger partial charge in [-0.15, -0.1) is 0 Å². The van der Waals surface area contributed by atoms with E-state index in [0.717, 1.165) is 65.1 Å². The summed E-state index contributed by atoms with van der Waals surface area (Å²) in [5, 5.41) is 17.3. The monoisotopic (exact) mass is 528 g/mol. The fourth-order valence-corrected chi connectivity index (χ4v) is 5.44. The third-order valence-corrected chi connectivity index (χ3v) is 7.26. The molecule has 0 heterocycles. The summed E-state index contributed by atoms with van der Waals surface area (Å²) < 4.78 is 0. The van der Waals surface area contributed by atoms with Crippen molar-refractivity contribution in [3.8, 4) is 0 Å². The first-order valence-electron chi connectivity index (χ1n) is 12.7. The number of carbonyl (C=O) groups excluding carboxylic acids is 2. The Bertz CT molecular complexity index is 1300. The Hall–Kier alpha value is -3.15. The summed E-state index contributed by atoms with van der Waals surface area (Å²) >= 11 is 0. The Balaban J connectivity index is 0.00000253.